The number of para-hydroxylation sites is 2. The summed E-state index contributed by atoms with van der Waals surface area (Å²) >= 11 is 1.33. The molecule has 5 rings (SSSR count). The number of fused-ring (bicyclic) bond motifs is 2. The van der Waals surface area contributed by atoms with Gasteiger partial charge in [0.05, 0.1) is 16.7 Å². The van der Waals surface area contributed by atoms with Crippen molar-refractivity contribution in [1.29, 1.82) is 0 Å². The maximum Gasteiger partial charge on any atom is 0.364 e. The summed E-state index contributed by atoms with van der Waals surface area (Å²) in [5.74, 6) is -1.72. The van der Waals surface area contributed by atoms with Crippen LogP contribution in [0.15, 0.2) is 82.4 Å². The molecule has 0 fully saturated rings. The van der Waals surface area contributed by atoms with E-state index in [1.54, 1.807) is 36.4 Å². The zero-order valence-corrected chi connectivity index (χ0v) is 16.8. The van der Waals surface area contributed by atoms with Crippen molar-refractivity contribution in [2.45, 2.75) is 11.0 Å². The number of carbonyl (C=O) groups is 3. The third-order valence-corrected chi connectivity index (χ3v) is 5.67. The molecule has 0 radical (unpaired) electrons. The van der Waals surface area contributed by atoms with Gasteiger partial charge in [-0.1, -0.05) is 59.3 Å². The summed E-state index contributed by atoms with van der Waals surface area (Å²) in [6, 6.07) is 20.6. The van der Waals surface area contributed by atoms with Gasteiger partial charge in [-0.3, -0.25) is 9.59 Å². The highest BCUT2D eigenvalue weighted by Gasteiger charge is 2.39. The summed E-state index contributed by atoms with van der Waals surface area (Å²) < 4.78 is 5.70. The number of hydrogen-bond donors (Lipinski definition) is 0. The van der Waals surface area contributed by atoms with Crippen LogP contribution in [0, 0.1) is 0 Å². The van der Waals surface area contributed by atoms with Crippen LogP contribution in [0.1, 0.15) is 36.6 Å². The number of benzene rings is 3. The number of oxazole rings is 1. The third kappa shape index (κ3) is 3.47. The van der Waals surface area contributed by atoms with Gasteiger partial charge in [-0.25, -0.2) is 9.78 Å². The van der Waals surface area contributed by atoms with Crippen molar-refractivity contribution in [2.75, 3.05) is 0 Å². The fourth-order valence-electron chi connectivity index (χ4n) is 3.28. The van der Waals surface area contributed by atoms with Crippen LogP contribution in [0.5, 0.6) is 0 Å². The van der Waals surface area contributed by atoms with Gasteiger partial charge in [0.25, 0.3) is 17.0 Å². The van der Waals surface area contributed by atoms with E-state index in [2.05, 4.69) is 4.98 Å². The summed E-state index contributed by atoms with van der Waals surface area (Å²) in [7, 11) is 0. The minimum absolute atomic E-state index is 0.208. The van der Waals surface area contributed by atoms with E-state index < -0.39 is 17.8 Å². The zero-order chi connectivity index (χ0) is 21.4. The van der Waals surface area contributed by atoms with Crippen LogP contribution in [0.2, 0.25) is 0 Å². The third-order valence-electron chi connectivity index (χ3n) is 4.79. The molecule has 0 saturated heterocycles. The second-order valence-electron chi connectivity index (χ2n) is 6.72. The van der Waals surface area contributed by atoms with E-state index in [0.717, 1.165) is 5.52 Å². The van der Waals surface area contributed by atoms with Crippen molar-refractivity contribution in [3.8, 4) is 0 Å². The topological polar surface area (TPSA) is 89.7 Å². The minimum atomic E-state index is -0.789. The molecule has 0 atom stereocenters. The van der Waals surface area contributed by atoms with Crippen LogP contribution in [0.4, 0.5) is 0 Å². The van der Waals surface area contributed by atoms with Crippen molar-refractivity contribution in [1.82, 2.24) is 10.0 Å². The van der Waals surface area contributed by atoms with Gasteiger partial charge in [-0.2, -0.15) is 0 Å². The number of imide groups is 1. The summed E-state index contributed by atoms with van der Waals surface area (Å²) in [4.78, 5) is 47.3. The summed E-state index contributed by atoms with van der Waals surface area (Å²) in [6.07, 6.45) is 0. The first-order valence-electron chi connectivity index (χ1n) is 9.38. The van der Waals surface area contributed by atoms with Gasteiger partial charge in [0.2, 0.25) is 0 Å². The predicted octanol–water partition coefficient (Wildman–Crippen LogP) is 4.49. The monoisotopic (exact) mass is 430 g/mol. The number of carbonyl (C=O) groups excluding carboxylic acids is 3. The summed E-state index contributed by atoms with van der Waals surface area (Å²) in [5, 5.41) is 0.988. The highest BCUT2D eigenvalue weighted by atomic mass is 32.2. The van der Waals surface area contributed by atoms with Crippen LogP contribution in [-0.2, 0) is 10.6 Å². The normalized spacial score (nSPS) is 13.0. The molecule has 2 amide bonds. The Balaban J connectivity index is 1.33. The van der Waals surface area contributed by atoms with Crippen LogP contribution < -0.4 is 0 Å². The minimum Gasteiger partial charge on any atom is -0.431 e. The maximum atomic E-state index is 12.8. The second kappa shape index (κ2) is 7.73. The average Bonchev–Trinajstić information content (AvgIpc) is 3.32. The van der Waals surface area contributed by atoms with Crippen LogP contribution >= 0.6 is 11.8 Å². The zero-order valence-electron chi connectivity index (χ0n) is 16.0. The highest BCUT2D eigenvalue weighted by Crippen LogP contribution is 2.28. The lowest BCUT2D eigenvalue weighted by atomic mass is 10.1. The van der Waals surface area contributed by atoms with E-state index in [9.17, 15) is 14.4 Å². The van der Waals surface area contributed by atoms with Gasteiger partial charge >= 0.3 is 5.97 Å². The van der Waals surface area contributed by atoms with Crippen molar-refractivity contribution in [3.05, 3.63) is 95.1 Å². The number of amides is 2. The Hall–Kier alpha value is -3.91. The van der Waals surface area contributed by atoms with Gasteiger partial charge in [-0.05, 0) is 35.9 Å². The first-order valence-corrected chi connectivity index (χ1v) is 10.4. The summed E-state index contributed by atoms with van der Waals surface area (Å²) in [5.41, 5.74) is 2.77. The number of hydrogen-bond acceptors (Lipinski definition) is 7. The van der Waals surface area contributed by atoms with Gasteiger partial charge in [-0.15, -0.1) is 0 Å². The number of nitrogens with zero attached hydrogens (tertiary/aromatic N) is 2. The van der Waals surface area contributed by atoms with Gasteiger partial charge in [0, 0.05) is 5.75 Å². The number of thioether (sulfide) groups is 1. The Kier molecular flexibility index (Phi) is 4.76. The quantitative estimate of drug-likeness (QED) is 0.340. The fourth-order valence-corrected chi connectivity index (χ4v) is 4.12. The van der Waals surface area contributed by atoms with Crippen LogP contribution in [0.25, 0.3) is 11.1 Å². The lowest BCUT2D eigenvalue weighted by Gasteiger charge is -2.14. The number of rotatable bonds is 5. The lowest BCUT2D eigenvalue weighted by Crippen LogP contribution is -2.33. The first kappa shape index (κ1) is 19.1. The summed E-state index contributed by atoms with van der Waals surface area (Å²) in [6.45, 7) is 0. The molecular formula is C23H14N2O5S. The lowest BCUT2D eigenvalue weighted by molar-refractivity contribution is -0.0585. The standard InChI is InChI=1S/C23H14N2O5S/c26-20-16-9-3-4-10-17(16)21(27)25(20)30-22(28)15-8-2-1-7-14(15)13-31-23-24-18-11-5-6-12-19(18)29-23/h1-12H,13H2. The molecule has 1 aromatic heterocycles. The SMILES string of the molecule is O=C(ON1C(=O)c2ccccc2C1=O)c1ccccc1CSc1nc2ccccc2o1. The van der Waals surface area contributed by atoms with Crippen LogP contribution in [0.3, 0.4) is 0 Å². The average molecular weight is 430 g/mol. The Morgan fingerprint density at radius 3 is 2.29 bits per heavy atom. The molecule has 152 valence electrons. The van der Waals surface area contributed by atoms with Crippen molar-refractivity contribution >= 4 is 40.6 Å². The molecule has 0 aliphatic carbocycles. The molecule has 0 unspecified atom stereocenters. The molecule has 1 aliphatic heterocycles. The van der Waals surface area contributed by atoms with E-state index in [-0.39, 0.29) is 16.7 Å². The highest BCUT2D eigenvalue weighted by molar-refractivity contribution is 7.98. The van der Waals surface area contributed by atoms with Crippen molar-refractivity contribution in [3.63, 3.8) is 0 Å². The first-order chi connectivity index (χ1) is 15.1. The molecule has 31 heavy (non-hydrogen) atoms. The molecule has 0 spiro atoms. The van der Waals surface area contributed by atoms with Gasteiger partial charge < -0.3 is 9.25 Å². The van der Waals surface area contributed by atoms with Gasteiger partial charge in [0.15, 0.2) is 5.58 Å². The number of aromatic nitrogens is 1. The Morgan fingerprint density at radius 1 is 0.903 bits per heavy atom. The molecule has 0 saturated carbocycles. The van der Waals surface area contributed by atoms with E-state index in [4.69, 9.17) is 9.25 Å². The molecule has 8 heteroatoms. The van der Waals surface area contributed by atoms with Crippen molar-refractivity contribution < 1.29 is 23.6 Å². The molecule has 2 heterocycles. The molecule has 4 aromatic rings. The number of hydroxylamine groups is 2. The van der Waals surface area contributed by atoms with E-state index in [1.807, 2.05) is 24.3 Å². The predicted molar refractivity (Wildman–Crippen MR) is 112 cm³/mol. The molecule has 1 aliphatic rings. The van der Waals surface area contributed by atoms with E-state index in [1.165, 1.54) is 23.9 Å². The van der Waals surface area contributed by atoms with Gasteiger partial charge in [0.1, 0.15) is 5.52 Å². The van der Waals surface area contributed by atoms with E-state index >= 15 is 0 Å². The molecule has 3 aromatic carbocycles. The molecular weight excluding hydrogens is 416 g/mol. The molecule has 7 nitrogen and oxygen atoms in total. The maximum absolute atomic E-state index is 12.8. The Morgan fingerprint density at radius 2 is 1.55 bits per heavy atom. The molecule has 0 N–H and O–H groups in total. The Bertz CT molecular complexity index is 1280. The molecule has 0 bridgehead atoms. The van der Waals surface area contributed by atoms with E-state index in [0.29, 0.717) is 27.2 Å². The second-order valence-corrected chi connectivity index (χ2v) is 7.65. The largest absolute Gasteiger partial charge is 0.431 e. The smallest absolute Gasteiger partial charge is 0.364 e. The fraction of sp³-hybridized carbons (Fsp3) is 0.0435. The van der Waals surface area contributed by atoms with Crippen LogP contribution in [-0.4, -0.2) is 27.8 Å². The Labute approximate surface area is 180 Å². The van der Waals surface area contributed by atoms with Crippen molar-refractivity contribution in [2.24, 2.45) is 0 Å².